The summed E-state index contributed by atoms with van der Waals surface area (Å²) in [7, 11) is 1.93. The molecule has 1 unspecified atom stereocenters. The first-order valence-electron chi connectivity index (χ1n) is 6.91. The fourth-order valence-corrected chi connectivity index (χ4v) is 2.04. The number of nitrogens with one attached hydrogen (secondary N) is 1. The molecule has 1 atom stereocenters. The Morgan fingerprint density at radius 3 is 2.19 bits per heavy atom. The average Bonchev–Trinajstić information content (AvgIpc) is 2.45. The van der Waals surface area contributed by atoms with E-state index in [0.29, 0.717) is 17.4 Å². The van der Waals surface area contributed by atoms with E-state index in [4.69, 9.17) is 4.74 Å². The number of benzene rings is 2. The predicted octanol–water partition coefficient (Wildman–Crippen LogP) is 3.69. The third kappa shape index (κ3) is 4.83. The molecule has 0 saturated heterocycles. The van der Waals surface area contributed by atoms with E-state index in [-0.39, 0.29) is 6.61 Å². The van der Waals surface area contributed by atoms with E-state index in [2.05, 4.69) is 12.2 Å². The lowest BCUT2D eigenvalue weighted by Gasteiger charge is -2.11. The van der Waals surface area contributed by atoms with Gasteiger partial charge in [-0.1, -0.05) is 12.1 Å². The van der Waals surface area contributed by atoms with E-state index in [9.17, 15) is 8.78 Å². The minimum atomic E-state index is -0.593. The molecule has 0 fully saturated rings. The number of ether oxygens (including phenoxy) is 1. The topological polar surface area (TPSA) is 21.3 Å². The molecule has 0 bridgehead atoms. The predicted molar refractivity (Wildman–Crippen MR) is 79.4 cm³/mol. The SMILES string of the molecule is CNC(C)Cc1ccc(OCc2cc(F)cc(F)c2)cc1. The first kappa shape index (κ1) is 15.4. The van der Waals surface area contributed by atoms with Gasteiger partial charge in [0.05, 0.1) is 0 Å². The van der Waals surface area contributed by atoms with Gasteiger partial charge in [0, 0.05) is 12.1 Å². The van der Waals surface area contributed by atoms with Crippen molar-refractivity contribution in [2.75, 3.05) is 7.05 Å². The van der Waals surface area contributed by atoms with Crippen LogP contribution in [0.2, 0.25) is 0 Å². The zero-order chi connectivity index (χ0) is 15.2. The maximum atomic E-state index is 13.1. The Hall–Kier alpha value is -1.94. The third-order valence-electron chi connectivity index (χ3n) is 3.29. The first-order chi connectivity index (χ1) is 10.1. The van der Waals surface area contributed by atoms with Gasteiger partial charge in [-0.2, -0.15) is 0 Å². The molecule has 0 aliphatic rings. The second-order valence-corrected chi connectivity index (χ2v) is 5.10. The second kappa shape index (κ2) is 7.18. The molecule has 0 amide bonds. The summed E-state index contributed by atoms with van der Waals surface area (Å²) >= 11 is 0. The number of hydrogen-bond donors (Lipinski definition) is 1. The van der Waals surface area contributed by atoms with Crippen molar-refractivity contribution in [2.45, 2.75) is 26.0 Å². The summed E-state index contributed by atoms with van der Waals surface area (Å²) in [4.78, 5) is 0. The second-order valence-electron chi connectivity index (χ2n) is 5.10. The van der Waals surface area contributed by atoms with Gasteiger partial charge in [-0.25, -0.2) is 8.78 Å². The molecule has 2 nitrogen and oxygen atoms in total. The van der Waals surface area contributed by atoms with Crippen LogP contribution in [0.25, 0.3) is 0 Å². The molecular weight excluding hydrogens is 272 g/mol. The Morgan fingerprint density at radius 1 is 1.00 bits per heavy atom. The van der Waals surface area contributed by atoms with E-state index in [1.807, 2.05) is 31.3 Å². The van der Waals surface area contributed by atoms with Crippen LogP contribution in [0.15, 0.2) is 42.5 Å². The van der Waals surface area contributed by atoms with Crippen molar-refractivity contribution in [2.24, 2.45) is 0 Å². The van der Waals surface area contributed by atoms with Gasteiger partial charge in [-0.3, -0.25) is 0 Å². The Morgan fingerprint density at radius 2 is 1.62 bits per heavy atom. The van der Waals surface area contributed by atoms with E-state index in [1.54, 1.807) is 0 Å². The van der Waals surface area contributed by atoms with Gasteiger partial charge < -0.3 is 10.1 Å². The smallest absolute Gasteiger partial charge is 0.126 e. The highest BCUT2D eigenvalue weighted by Crippen LogP contribution is 2.16. The quantitative estimate of drug-likeness (QED) is 0.876. The molecular formula is C17H19F2NO. The summed E-state index contributed by atoms with van der Waals surface area (Å²) in [5.41, 5.74) is 1.68. The summed E-state index contributed by atoms with van der Waals surface area (Å²) in [6.45, 7) is 2.25. The van der Waals surface area contributed by atoms with Crippen LogP contribution in [0.3, 0.4) is 0 Å². The van der Waals surface area contributed by atoms with E-state index < -0.39 is 11.6 Å². The molecule has 0 aliphatic heterocycles. The van der Waals surface area contributed by atoms with Crippen molar-refractivity contribution in [3.63, 3.8) is 0 Å². The lowest BCUT2D eigenvalue weighted by atomic mass is 10.1. The van der Waals surface area contributed by atoms with Gasteiger partial charge in [0.2, 0.25) is 0 Å². The van der Waals surface area contributed by atoms with Crippen LogP contribution >= 0.6 is 0 Å². The van der Waals surface area contributed by atoms with Crippen molar-refractivity contribution in [3.8, 4) is 5.75 Å². The summed E-state index contributed by atoms with van der Waals surface area (Å²) in [5, 5.41) is 3.18. The number of likely N-dealkylation sites (N-methyl/N-ethyl adjacent to an activating group) is 1. The highest BCUT2D eigenvalue weighted by Gasteiger charge is 2.03. The Labute approximate surface area is 123 Å². The summed E-state index contributed by atoms with van der Waals surface area (Å²) in [6.07, 6.45) is 0.936. The lowest BCUT2D eigenvalue weighted by Crippen LogP contribution is -2.23. The van der Waals surface area contributed by atoms with Crippen LogP contribution in [0, 0.1) is 11.6 Å². The molecule has 1 N–H and O–H groups in total. The molecule has 0 aromatic heterocycles. The lowest BCUT2D eigenvalue weighted by molar-refractivity contribution is 0.304. The Kier molecular flexibility index (Phi) is 5.28. The molecule has 0 saturated carbocycles. The van der Waals surface area contributed by atoms with Crippen molar-refractivity contribution < 1.29 is 13.5 Å². The van der Waals surface area contributed by atoms with Crippen molar-refractivity contribution in [3.05, 3.63) is 65.2 Å². The van der Waals surface area contributed by atoms with Crippen LogP contribution in [-0.2, 0) is 13.0 Å². The van der Waals surface area contributed by atoms with E-state index >= 15 is 0 Å². The van der Waals surface area contributed by atoms with Gasteiger partial charge in [-0.05, 0) is 55.8 Å². The molecule has 112 valence electrons. The van der Waals surface area contributed by atoms with Gasteiger partial charge in [0.1, 0.15) is 24.0 Å². The highest BCUT2D eigenvalue weighted by molar-refractivity contribution is 5.28. The largest absolute Gasteiger partial charge is 0.489 e. The molecule has 4 heteroatoms. The van der Waals surface area contributed by atoms with Crippen molar-refractivity contribution in [1.82, 2.24) is 5.32 Å². The van der Waals surface area contributed by atoms with Gasteiger partial charge in [0.25, 0.3) is 0 Å². The Balaban J connectivity index is 1.94. The molecule has 0 radical (unpaired) electrons. The molecule has 21 heavy (non-hydrogen) atoms. The minimum Gasteiger partial charge on any atom is -0.489 e. The summed E-state index contributed by atoms with van der Waals surface area (Å²) in [6, 6.07) is 11.5. The van der Waals surface area contributed by atoms with Crippen LogP contribution in [0.4, 0.5) is 8.78 Å². The Bertz CT molecular complexity index is 564. The zero-order valence-electron chi connectivity index (χ0n) is 12.2. The first-order valence-corrected chi connectivity index (χ1v) is 6.91. The zero-order valence-corrected chi connectivity index (χ0v) is 12.2. The number of halogens is 2. The average molecular weight is 291 g/mol. The maximum absolute atomic E-state index is 13.1. The summed E-state index contributed by atoms with van der Waals surface area (Å²) < 4.78 is 31.7. The van der Waals surface area contributed by atoms with Crippen LogP contribution < -0.4 is 10.1 Å². The minimum absolute atomic E-state index is 0.140. The normalized spacial score (nSPS) is 12.2. The molecule has 0 spiro atoms. The monoisotopic (exact) mass is 291 g/mol. The molecule has 0 aliphatic carbocycles. The third-order valence-corrected chi connectivity index (χ3v) is 3.29. The molecule has 2 aromatic rings. The van der Waals surface area contributed by atoms with Gasteiger partial charge in [-0.15, -0.1) is 0 Å². The van der Waals surface area contributed by atoms with Crippen LogP contribution in [0.1, 0.15) is 18.1 Å². The fourth-order valence-electron chi connectivity index (χ4n) is 2.04. The van der Waals surface area contributed by atoms with E-state index in [1.165, 1.54) is 17.7 Å². The van der Waals surface area contributed by atoms with Crippen molar-refractivity contribution in [1.29, 1.82) is 0 Å². The summed E-state index contributed by atoms with van der Waals surface area (Å²) in [5.74, 6) is -0.504. The molecule has 0 heterocycles. The van der Waals surface area contributed by atoms with Crippen LogP contribution in [0.5, 0.6) is 5.75 Å². The highest BCUT2D eigenvalue weighted by atomic mass is 19.1. The standard InChI is InChI=1S/C17H19F2NO/c1-12(20-2)7-13-3-5-17(6-4-13)21-11-14-8-15(18)10-16(19)9-14/h3-6,8-10,12,20H,7,11H2,1-2H3. The van der Waals surface area contributed by atoms with Gasteiger partial charge >= 0.3 is 0 Å². The van der Waals surface area contributed by atoms with Crippen LogP contribution in [-0.4, -0.2) is 13.1 Å². The maximum Gasteiger partial charge on any atom is 0.126 e. The number of rotatable bonds is 6. The van der Waals surface area contributed by atoms with E-state index in [0.717, 1.165) is 12.5 Å². The van der Waals surface area contributed by atoms with Crippen molar-refractivity contribution >= 4 is 0 Å². The number of hydrogen-bond acceptors (Lipinski definition) is 2. The fraction of sp³-hybridized carbons (Fsp3) is 0.294. The van der Waals surface area contributed by atoms with Gasteiger partial charge in [0.15, 0.2) is 0 Å². The molecule has 2 aromatic carbocycles. The molecule has 2 rings (SSSR count).